The van der Waals surface area contributed by atoms with Crippen LogP contribution in [-0.2, 0) is 0 Å². The molecule has 6 nitrogen and oxygen atoms in total. The van der Waals surface area contributed by atoms with Gasteiger partial charge in [-0.3, -0.25) is 14.9 Å². The van der Waals surface area contributed by atoms with Crippen LogP contribution in [0.5, 0.6) is 0 Å². The van der Waals surface area contributed by atoms with E-state index in [1.165, 1.54) is 23.1 Å². The molecule has 2 rings (SSSR count). The van der Waals surface area contributed by atoms with Gasteiger partial charge in [-0.05, 0) is 19.4 Å². The van der Waals surface area contributed by atoms with E-state index in [0.29, 0.717) is 19.5 Å². The van der Waals surface area contributed by atoms with Gasteiger partial charge in [-0.15, -0.1) is 0 Å². The highest BCUT2D eigenvalue weighted by atomic mass is 35.5. The minimum atomic E-state index is -0.610. The van der Waals surface area contributed by atoms with Gasteiger partial charge in [-0.2, -0.15) is 0 Å². The molecule has 0 spiro atoms. The standard InChI is InChI=1S/C13H15ClN2O4/c1-8(17)9-5-6-15(7-9)13(18)12-10(14)3-2-4-11(12)16(19)20/h2-4,8-9,17H,5-7H2,1H3. The Kier molecular flexibility index (Phi) is 4.25. The summed E-state index contributed by atoms with van der Waals surface area (Å²) in [4.78, 5) is 24.3. The van der Waals surface area contributed by atoms with Crippen LogP contribution >= 0.6 is 11.6 Å². The van der Waals surface area contributed by atoms with E-state index in [0.717, 1.165) is 0 Å². The van der Waals surface area contributed by atoms with Crippen molar-refractivity contribution in [2.45, 2.75) is 19.4 Å². The molecule has 1 aromatic rings. The van der Waals surface area contributed by atoms with Gasteiger partial charge >= 0.3 is 0 Å². The Morgan fingerprint density at radius 3 is 2.85 bits per heavy atom. The smallest absolute Gasteiger partial charge is 0.283 e. The monoisotopic (exact) mass is 298 g/mol. The summed E-state index contributed by atoms with van der Waals surface area (Å²) in [7, 11) is 0. The second-order valence-electron chi connectivity index (χ2n) is 4.93. The van der Waals surface area contributed by atoms with E-state index in [-0.39, 0.29) is 22.2 Å². The molecule has 20 heavy (non-hydrogen) atoms. The molecule has 1 N–H and O–H groups in total. The molecule has 1 heterocycles. The van der Waals surface area contributed by atoms with Crippen LogP contribution in [0.1, 0.15) is 23.7 Å². The SMILES string of the molecule is CC(O)C1CCN(C(=O)c2c(Cl)cccc2[N+](=O)[O-])C1. The molecule has 1 aromatic carbocycles. The number of carbonyl (C=O) groups is 1. The second-order valence-corrected chi connectivity index (χ2v) is 5.34. The summed E-state index contributed by atoms with van der Waals surface area (Å²) in [5.74, 6) is -0.453. The van der Waals surface area contributed by atoms with E-state index in [9.17, 15) is 20.0 Å². The molecule has 0 radical (unpaired) electrons. The summed E-state index contributed by atoms with van der Waals surface area (Å²) < 4.78 is 0. The second kappa shape index (κ2) is 5.76. The van der Waals surface area contributed by atoms with E-state index >= 15 is 0 Å². The summed E-state index contributed by atoms with van der Waals surface area (Å²) in [5, 5.41) is 20.6. The van der Waals surface area contributed by atoms with Crippen molar-refractivity contribution >= 4 is 23.2 Å². The predicted octanol–water partition coefficient (Wildman–Crippen LogP) is 2.09. The third-order valence-electron chi connectivity index (χ3n) is 3.60. The first-order valence-corrected chi connectivity index (χ1v) is 6.70. The highest BCUT2D eigenvalue weighted by Crippen LogP contribution is 2.30. The van der Waals surface area contributed by atoms with E-state index in [2.05, 4.69) is 0 Å². The molecular formula is C13H15ClN2O4. The van der Waals surface area contributed by atoms with Crippen molar-refractivity contribution in [2.24, 2.45) is 5.92 Å². The van der Waals surface area contributed by atoms with Gasteiger partial charge in [0.05, 0.1) is 16.0 Å². The van der Waals surface area contributed by atoms with Crippen LogP contribution in [0, 0.1) is 16.0 Å². The molecule has 1 aliphatic rings. The minimum absolute atomic E-state index is 0.000457. The molecule has 108 valence electrons. The fourth-order valence-corrected chi connectivity index (χ4v) is 2.65. The number of amides is 1. The number of aliphatic hydroxyl groups excluding tert-OH is 1. The molecule has 2 atom stereocenters. The Bertz CT molecular complexity index is 547. The van der Waals surface area contributed by atoms with Gasteiger partial charge in [0.25, 0.3) is 11.6 Å². The number of likely N-dealkylation sites (tertiary alicyclic amines) is 1. The topological polar surface area (TPSA) is 83.7 Å². The normalized spacial score (nSPS) is 19.9. The van der Waals surface area contributed by atoms with Crippen molar-refractivity contribution in [3.63, 3.8) is 0 Å². The fraction of sp³-hybridized carbons (Fsp3) is 0.462. The first-order chi connectivity index (χ1) is 9.41. The van der Waals surface area contributed by atoms with Gasteiger partial charge in [0, 0.05) is 25.1 Å². The van der Waals surface area contributed by atoms with Crippen molar-refractivity contribution in [1.82, 2.24) is 4.90 Å². The van der Waals surface area contributed by atoms with Gasteiger partial charge in [0.2, 0.25) is 0 Å². The third-order valence-corrected chi connectivity index (χ3v) is 3.91. The van der Waals surface area contributed by atoms with E-state index in [1.54, 1.807) is 6.92 Å². The number of carbonyl (C=O) groups excluding carboxylic acids is 1. The lowest BCUT2D eigenvalue weighted by atomic mass is 10.0. The Morgan fingerprint density at radius 1 is 1.60 bits per heavy atom. The average molecular weight is 299 g/mol. The number of nitro benzene ring substituents is 1. The molecule has 1 aliphatic heterocycles. The van der Waals surface area contributed by atoms with Crippen LogP contribution in [0.4, 0.5) is 5.69 Å². The number of hydrogen-bond donors (Lipinski definition) is 1. The highest BCUT2D eigenvalue weighted by Gasteiger charge is 2.33. The van der Waals surface area contributed by atoms with Gasteiger partial charge in [0.15, 0.2) is 0 Å². The van der Waals surface area contributed by atoms with E-state index in [1.807, 2.05) is 0 Å². The summed E-state index contributed by atoms with van der Waals surface area (Å²) >= 11 is 5.94. The molecular weight excluding hydrogens is 284 g/mol. The number of benzene rings is 1. The Balaban J connectivity index is 2.29. The van der Waals surface area contributed by atoms with E-state index < -0.39 is 16.9 Å². The average Bonchev–Trinajstić information content (AvgIpc) is 2.87. The van der Waals surface area contributed by atoms with Crippen LogP contribution in [0.2, 0.25) is 5.02 Å². The maximum Gasteiger partial charge on any atom is 0.283 e. The molecule has 0 aliphatic carbocycles. The number of rotatable bonds is 3. The van der Waals surface area contributed by atoms with Gasteiger partial charge in [-0.1, -0.05) is 17.7 Å². The number of nitrogens with zero attached hydrogens (tertiary/aromatic N) is 2. The minimum Gasteiger partial charge on any atom is -0.393 e. The van der Waals surface area contributed by atoms with Crippen LogP contribution in [0.3, 0.4) is 0 Å². The van der Waals surface area contributed by atoms with Crippen LogP contribution in [0.15, 0.2) is 18.2 Å². The summed E-state index contributed by atoms with van der Waals surface area (Å²) in [6.07, 6.45) is 0.177. The van der Waals surface area contributed by atoms with Gasteiger partial charge < -0.3 is 10.0 Å². The summed E-state index contributed by atoms with van der Waals surface area (Å²) in [6, 6.07) is 4.17. The molecule has 2 unspecified atom stereocenters. The van der Waals surface area contributed by atoms with Crippen molar-refractivity contribution in [1.29, 1.82) is 0 Å². The van der Waals surface area contributed by atoms with Crippen molar-refractivity contribution in [2.75, 3.05) is 13.1 Å². The lowest BCUT2D eigenvalue weighted by Gasteiger charge is -2.18. The molecule has 1 amide bonds. The fourth-order valence-electron chi connectivity index (χ4n) is 2.40. The number of halogens is 1. The van der Waals surface area contributed by atoms with Crippen LogP contribution < -0.4 is 0 Å². The predicted molar refractivity (Wildman–Crippen MR) is 73.8 cm³/mol. The van der Waals surface area contributed by atoms with Crippen LogP contribution in [0.25, 0.3) is 0 Å². The van der Waals surface area contributed by atoms with E-state index in [4.69, 9.17) is 11.6 Å². The summed E-state index contributed by atoms with van der Waals surface area (Å²) in [5.41, 5.74) is -0.367. The van der Waals surface area contributed by atoms with Gasteiger partial charge in [0.1, 0.15) is 5.56 Å². The summed E-state index contributed by atoms with van der Waals surface area (Å²) in [6.45, 7) is 2.53. The Morgan fingerprint density at radius 2 is 2.30 bits per heavy atom. The largest absolute Gasteiger partial charge is 0.393 e. The maximum atomic E-state index is 12.4. The lowest BCUT2D eigenvalue weighted by molar-refractivity contribution is -0.385. The molecule has 1 saturated heterocycles. The van der Waals surface area contributed by atoms with Gasteiger partial charge in [-0.25, -0.2) is 0 Å². The Labute approximate surface area is 121 Å². The zero-order valence-corrected chi connectivity index (χ0v) is 11.7. The number of hydrogen-bond acceptors (Lipinski definition) is 4. The lowest BCUT2D eigenvalue weighted by Crippen LogP contribution is -2.31. The molecule has 0 bridgehead atoms. The first-order valence-electron chi connectivity index (χ1n) is 6.32. The Hall–Kier alpha value is -1.66. The molecule has 0 aromatic heterocycles. The van der Waals surface area contributed by atoms with Crippen molar-refractivity contribution < 1.29 is 14.8 Å². The molecule has 1 fully saturated rings. The van der Waals surface area contributed by atoms with Crippen molar-refractivity contribution in [3.05, 3.63) is 38.9 Å². The van der Waals surface area contributed by atoms with Crippen molar-refractivity contribution in [3.8, 4) is 0 Å². The molecule has 0 saturated carbocycles. The number of aliphatic hydroxyl groups is 1. The van der Waals surface area contributed by atoms with Crippen LogP contribution in [-0.4, -0.2) is 40.0 Å². The highest BCUT2D eigenvalue weighted by molar-refractivity contribution is 6.34. The zero-order chi connectivity index (χ0) is 14.9. The quantitative estimate of drug-likeness (QED) is 0.684. The first kappa shape index (κ1) is 14.7. The maximum absolute atomic E-state index is 12.4. The zero-order valence-electron chi connectivity index (χ0n) is 11.0. The third kappa shape index (κ3) is 2.76. The number of nitro groups is 1. The molecule has 7 heteroatoms.